The zero-order valence-corrected chi connectivity index (χ0v) is 13.3. The van der Waals surface area contributed by atoms with E-state index in [1.807, 2.05) is 30.3 Å². The molecule has 1 fully saturated rings. The van der Waals surface area contributed by atoms with Crippen molar-refractivity contribution in [2.24, 2.45) is 5.92 Å². The molecule has 1 aliphatic rings. The molecule has 118 valence electrons. The second kappa shape index (κ2) is 5.83. The van der Waals surface area contributed by atoms with Crippen molar-refractivity contribution >= 4 is 40.5 Å². The van der Waals surface area contributed by atoms with Gasteiger partial charge in [-0.05, 0) is 17.7 Å². The molecule has 2 aromatic carbocycles. The molecule has 23 heavy (non-hydrogen) atoms. The number of nitrogens with one attached hydrogen (secondary N) is 1. The average Bonchev–Trinajstić information content (AvgIpc) is 3.11. The van der Waals surface area contributed by atoms with Crippen LogP contribution in [0.5, 0.6) is 0 Å². The van der Waals surface area contributed by atoms with Crippen LogP contribution >= 0.6 is 23.2 Å². The molecule has 7 heteroatoms. The molecule has 0 bridgehead atoms. The Labute approximate surface area is 142 Å². The Bertz CT molecular complexity index is 748. The summed E-state index contributed by atoms with van der Waals surface area (Å²) >= 11 is 12.5. The third kappa shape index (κ3) is 3.02. The smallest absolute Gasteiger partial charge is 0.269 e. The molecule has 0 radical (unpaired) electrons. The molecule has 1 aliphatic carbocycles. The molecule has 0 aromatic heterocycles. The van der Waals surface area contributed by atoms with Crippen LogP contribution in [0.1, 0.15) is 11.5 Å². The lowest BCUT2D eigenvalue weighted by atomic mass is 10.1. The minimum Gasteiger partial charge on any atom is -0.326 e. The second-order valence-corrected chi connectivity index (χ2v) is 6.78. The molecule has 1 saturated carbocycles. The minimum atomic E-state index is -1.15. The van der Waals surface area contributed by atoms with Crippen molar-refractivity contribution in [3.8, 4) is 0 Å². The zero-order valence-electron chi connectivity index (χ0n) is 11.8. The van der Waals surface area contributed by atoms with Gasteiger partial charge in [0, 0.05) is 23.7 Å². The Balaban J connectivity index is 1.72. The van der Waals surface area contributed by atoms with Gasteiger partial charge in [0.1, 0.15) is 4.33 Å². The van der Waals surface area contributed by atoms with Crippen molar-refractivity contribution in [3.05, 3.63) is 70.3 Å². The number of halogens is 2. The number of anilines is 1. The van der Waals surface area contributed by atoms with E-state index < -0.39 is 15.2 Å². The maximum Gasteiger partial charge on any atom is 0.269 e. The van der Waals surface area contributed by atoms with Gasteiger partial charge in [0.2, 0.25) is 5.91 Å². The Kier molecular flexibility index (Phi) is 4.00. The largest absolute Gasteiger partial charge is 0.326 e. The van der Waals surface area contributed by atoms with Crippen LogP contribution in [-0.4, -0.2) is 15.2 Å². The van der Waals surface area contributed by atoms with Crippen LogP contribution in [0.25, 0.3) is 0 Å². The fraction of sp³-hybridized carbons (Fsp3) is 0.188. The van der Waals surface area contributed by atoms with E-state index in [9.17, 15) is 14.9 Å². The number of rotatable bonds is 4. The van der Waals surface area contributed by atoms with Crippen molar-refractivity contribution in [1.82, 2.24) is 0 Å². The molecule has 1 N–H and O–H groups in total. The molecular formula is C16H12Cl2N2O3. The first-order chi connectivity index (χ1) is 10.9. The van der Waals surface area contributed by atoms with E-state index >= 15 is 0 Å². The fourth-order valence-electron chi connectivity index (χ4n) is 2.61. The van der Waals surface area contributed by atoms with Gasteiger partial charge in [-0.3, -0.25) is 14.9 Å². The number of alkyl halides is 2. The number of non-ortho nitro benzene ring substituents is 1. The van der Waals surface area contributed by atoms with Crippen LogP contribution in [0.15, 0.2) is 54.6 Å². The highest BCUT2D eigenvalue weighted by molar-refractivity contribution is 6.53. The Morgan fingerprint density at radius 2 is 1.70 bits per heavy atom. The number of nitrogens with zero attached hydrogens (tertiary/aromatic N) is 1. The number of carbonyl (C=O) groups is 1. The van der Waals surface area contributed by atoms with E-state index in [0.29, 0.717) is 5.69 Å². The summed E-state index contributed by atoms with van der Waals surface area (Å²) in [5, 5.41) is 13.3. The summed E-state index contributed by atoms with van der Waals surface area (Å²) in [5.41, 5.74) is 1.32. The first-order valence-electron chi connectivity index (χ1n) is 6.89. The van der Waals surface area contributed by atoms with Crippen LogP contribution in [-0.2, 0) is 4.79 Å². The topological polar surface area (TPSA) is 72.2 Å². The van der Waals surface area contributed by atoms with Crippen molar-refractivity contribution in [2.75, 3.05) is 5.32 Å². The number of nitro groups is 1. The Morgan fingerprint density at radius 1 is 1.09 bits per heavy atom. The van der Waals surface area contributed by atoms with Gasteiger partial charge < -0.3 is 5.32 Å². The molecular weight excluding hydrogens is 339 g/mol. The molecule has 0 saturated heterocycles. The molecule has 0 heterocycles. The number of carbonyl (C=O) groups excluding carboxylic acids is 1. The predicted octanol–water partition coefficient (Wildman–Crippen LogP) is 4.12. The summed E-state index contributed by atoms with van der Waals surface area (Å²) in [6.45, 7) is 0. The van der Waals surface area contributed by atoms with E-state index in [0.717, 1.165) is 5.56 Å². The molecule has 2 atom stereocenters. The van der Waals surface area contributed by atoms with Gasteiger partial charge in [-0.25, -0.2) is 0 Å². The lowest BCUT2D eigenvalue weighted by Gasteiger charge is -2.04. The van der Waals surface area contributed by atoms with Crippen LogP contribution < -0.4 is 5.32 Å². The van der Waals surface area contributed by atoms with Gasteiger partial charge in [0.25, 0.3) is 5.69 Å². The molecule has 3 rings (SSSR count). The molecule has 5 nitrogen and oxygen atoms in total. The van der Waals surface area contributed by atoms with Gasteiger partial charge >= 0.3 is 0 Å². The summed E-state index contributed by atoms with van der Waals surface area (Å²) in [5.74, 6) is -1.15. The van der Waals surface area contributed by atoms with Gasteiger partial charge in [0.05, 0.1) is 10.8 Å². The third-order valence-corrected chi connectivity index (χ3v) is 4.78. The van der Waals surface area contributed by atoms with Gasteiger partial charge in [-0.1, -0.05) is 30.3 Å². The maximum absolute atomic E-state index is 12.4. The number of amides is 1. The average molecular weight is 351 g/mol. The minimum absolute atomic E-state index is 0.0411. The molecule has 1 amide bonds. The summed E-state index contributed by atoms with van der Waals surface area (Å²) in [7, 11) is 0. The SMILES string of the molecule is O=C(Nc1ccc([N+](=O)[O-])cc1)[C@H]1[C@@H](c2ccccc2)C1(Cl)Cl. The predicted molar refractivity (Wildman–Crippen MR) is 88.8 cm³/mol. The normalized spacial score (nSPS) is 21.5. The lowest BCUT2D eigenvalue weighted by molar-refractivity contribution is -0.384. The molecule has 2 aromatic rings. The monoisotopic (exact) mass is 350 g/mol. The number of benzene rings is 2. The number of hydrogen-bond acceptors (Lipinski definition) is 3. The summed E-state index contributed by atoms with van der Waals surface area (Å²) in [6, 6.07) is 15.0. The lowest BCUT2D eigenvalue weighted by Crippen LogP contribution is -2.17. The third-order valence-electron chi connectivity index (χ3n) is 3.84. The van der Waals surface area contributed by atoms with Crippen molar-refractivity contribution in [3.63, 3.8) is 0 Å². The standard InChI is InChI=1S/C16H12Cl2N2O3/c17-16(18)13(10-4-2-1-3-5-10)14(16)15(21)19-11-6-8-12(9-7-11)20(22)23/h1-9,13-14H,(H,19,21)/t13-,14-/m1/s1. The van der Waals surface area contributed by atoms with Crippen LogP contribution in [0.2, 0.25) is 0 Å². The van der Waals surface area contributed by atoms with E-state index in [2.05, 4.69) is 5.32 Å². The summed E-state index contributed by atoms with van der Waals surface area (Å²) in [6.07, 6.45) is 0. The molecule has 0 spiro atoms. The van der Waals surface area contributed by atoms with Gasteiger partial charge in [-0.2, -0.15) is 0 Å². The van der Waals surface area contributed by atoms with Crippen LogP contribution in [0.3, 0.4) is 0 Å². The highest BCUT2D eigenvalue weighted by Gasteiger charge is 2.67. The summed E-state index contributed by atoms with van der Waals surface area (Å²) < 4.78 is -1.15. The Hall–Kier alpha value is -2.11. The van der Waals surface area contributed by atoms with Crippen LogP contribution in [0.4, 0.5) is 11.4 Å². The van der Waals surface area contributed by atoms with E-state index in [-0.39, 0.29) is 17.5 Å². The number of hydrogen-bond donors (Lipinski definition) is 1. The van der Waals surface area contributed by atoms with E-state index in [1.54, 1.807) is 0 Å². The first-order valence-corrected chi connectivity index (χ1v) is 7.65. The quantitative estimate of drug-likeness (QED) is 0.512. The Morgan fingerprint density at radius 3 is 2.26 bits per heavy atom. The van der Waals surface area contributed by atoms with Crippen molar-refractivity contribution in [2.45, 2.75) is 10.3 Å². The highest BCUT2D eigenvalue weighted by atomic mass is 35.5. The van der Waals surface area contributed by atoms with E-state index in [1.165, 1.54) is 24.3 Å². The number of nitro benzene ring substituents is 1. The molecule has 0 aliphatic heterocycles. The maximum atomic E-state index is 12.4. The van der Waals surface area contributed by atoms with Gasteiger partial charge in [-0.15, -0.1) is 23.2 Å². The molecule has 0 unspecified atom stereocenters. The van der Waals surface area contributed by atoms with Crippen molar-refractivity contribution < 1.29 is 9.72 Å². The second-order valence-electron chi connectivity index (χ2n) is 5.33. The first kappa shape index (κ1) is 15.8. The van der Waals surface area contributed by atoms with Crippen LogP contribution in [0, 0.1) is 16.0 Å². The van der Waals surface area contributed by atoms with Crippen molar-refractivity contribution in [1.29, 1.82) is 0 Å². The zero-order chi connectivity index (χ0) is 16.6. The van der Waals surface area contributed by atoms with E-state index in [4.69, 9.17) is 23.2 Å². The summed E-state index contributed by atoms with van der Waals surface area (Å²) in [4.78, 5) is 22.5. The van der Waals surface area contributed by atoms with Gasteiger partial charge in [0.15, 0.2) is 0 Å². The fourth-order valence-corrected chi connectivity index (χ4v) is 3.44. The highest BCUT2D eigenvalue weighted by Crippen LogP contribution is 2.65.